The Bertz CT molecular complexity index is 324. The quantitative estimate of drug-likeness (QED) is 0.587. The maximum Gasteiger partial charge on any atom is 0.269 e. The minimum Gasteiger partial charge on any atom is -0.328 e. The lowest BCUT2D eigenvalue weighted by molar-refractivity contribution is -0.384. The van der Waals surface area contributed by atoms with Crippen LogP contribution in [0, 0.1) is 10.1 Å². The molecule has 14 heavy (non-hydrogen) atoms. The normalized spacial score (nSPS) is 12.4. The first kappa shape index (κ1) is 10.7. The van der Waals surface area contributed by atoms with Gasteiger partial charge >= 0.3 is 0 Å². The van der Waals surface area contributed by atoms with Crippen molar-refractivity contribution in [2.24, 2.45) is 5.73 Å². The van der Waals surface area contributed by atoms with Gasteiger partial charge in [0.25, 0.3) is 5.69 Å². The van der Waals surface area contributed by atoms with Crippen LogP contribution in [0.15, 0.2) is 24.3 Å². The Morgan fingerprint density at radius 1 is 1.57 bits per heavy atom. The predicted molar refractivity (Wildman–Crippen MR) is 55.1 cm³/mol. The van der Waals surface area contributed by atoms with E-state index in [1.807, 2.05) is 13.0 Å². The van der Waals surface area contributed by atoms with Crippen molar-refractivity contribution >= 4 is 5.69 Å². The summed E-state index contributed by atoms with van der Waals surface area (Å²) in [7, 11) is 0. The fraction of sp³-hybridized carbons (Fsp3) is 0.400. The molecule has 0 bridgehead atoms. The Morgan fingerprint density at radius 3 is 2.86 bits per heavy atom. The van der Waals surface area contributed by atoms with E-state index in [9.17, 15) is 10.1 Å². The van der Waals surface area contributed by atoms with Crippen molar-refractivity contribution in [3.05, 3.63) is 39.9 Å². The molecule has 4 heteroatoms. The Hall–Kier alpha value is -1.42. The summed E-state index contributed by atoms with van der Waals surface area (Å²) in [6, 6.07) is 6.82. The number of nitro groups is 1. The molecule has 0 aromatic heterocycles. The first-order valence-corrected chi connectivity index (χ1v) is 4.58. The van der Waals surface area contributed by atoms with Gasteiger partial charge in [-0.3, -0.25) is 10.1 Å². The van der Waals surface area contributed by atoms with Crippen molar-refractivity contribution in [1.82, 2.24) is 0 Å². The lowest BCUT2D eigenvalue weighted by Gasteiger charge is -2.04. The second-order valence-electron chi connectivity index (χ2n) is 3.44. The van der Waals surface area contributed by atoms with Gasteiger partial charge < -0.3 is 5.73 Å². The molecule has 0 spiro atoms. The first-order chi connectivity index (χ1) is 6.59. The van der Waals surface area contributed by atoms with E-state index in [-0.39, 0.29) is 16.7 Å². The number of hydrogen-bond acceptors (Lipinski definition) is 3. The number of nitro benzene ring substituents is 1. The molecule has 0 aliphatic carbocycles. The van der Waals surface area contributed by atoms with E-state index < -0.39 is 0 Å². The van der Waals surface area contributed by atoms with Crippen LogP contribution >= 0.6 is 0 Å². The molecule has 4 nitrogen and oxygen atoms in total. The molecule has 0 unspecified atom stereocenters. The van der Waals surface area contributed by atoms with Crippen LogP contribution < -0.4 is 5.73 Å². The molecule has 1 aromatic rings. The van der Waals surface area contributed by atoms with Crippen molar-refractivity contribution in [3.8, 4) is 0 Å². The van der Waals surface area contributed by atoms with Crippen LogP contribution in [0.4, 0.5) is 5.69 Å². The van der Waals surface area contributed by atoms with E-state index in [2.05, 4.69) is 0 Å². The molecule has 0 radical (unpaired) electrons. The molecule has 0 heterocycles. The summed E-state index contributed by atoms with van der Waals surface area (Å²) >= 11 is 0. The van der Waals surface area contributed by atoms with Gasteiger partial charge in [0.2, 0.25) is 0 Å². The van der Waals surface area contributed by atoms with E-state index in [1.54, 1.807) is 12.1 Å². The molecule has 1 atom stereocenters. The fourth-order valence-electron chi connectivity index (χ4n) is 1.22. The average Bonchev–Trinajstić information content (AvgIpc) is 2.15. The highest BCUT2D eigenvalue weighted by atomic mass is 16.6. The van der Waals surface area contributed by atoms with E-state index in [1.165, 1.54) is 6.07 Å². The highest BCUT2D eigenvalue weighted by molar-refractivity contribution is 5.34. The number of nitrogens with two attached hydrogens (primary N) is 1. The van der Waals surface area contributed by atoms with Gasteiger partial charge in [0.1, 0.15) is 0 Å². The molecular formula is C10H14N2O2. The van der Waals surface area contributed by atoms with Crippen molar-refractivity contribution in [2.75, 3.05) is 0 Å². The van der Waals surface area contributed by atoms with Gasteiger partial charge in [0.15, 0.2) is 0 Å². The van der Waals surface area contributed by atoms with E-state index in [0.29, 0.717) is 0 Å². The summed E-state index contributed by atoms with van der Waals surface area (Å²) < 4.78 is 0. The molecule has 0 aliphatic heterocycles. The Labute approximate surface area is 82.9 Å². The predicted octanol–water partition coefficient (Wildman–Crippen LogP) is 1.87. The van der Waals surface area contributed by atoms with Gasteiger partial charge in [0.05, 0.1) is 4.92 Å². The third kappa shape index (κ3) is 3.14. The second-order valence-corrected chi connectivity index (χ2v) is 3.44. The summed E-state index contributed by atoms with van der Waals surface area (Å²) in [5, 5.41) is 10.5. The fourth-order valence-corrected chi connectivity index (χ4v) is 1.22. The van der Waals surface area contributed by atoms with Gasteiger partial charge in [-0.15, -0.1) is 0 Å². The smallest absolute Gasteiger partial charge is 0.269 e. The van der Waals surface area contributed by atoms with E-state index in [0.717, 1.165) is 18.4 Å². The number of non-ortho nitro benzene ring substituents is 1. The SMILES string of the molecule is C[C@H](N)CCc1cccc([N+](=O)[O-])c1. The minimum atomic E-state index is -0.380. The largest absolute Gasteiger partial charge is 0.328 e. The van der Waals surface area contributed by atoms with Crippen molar-refractivity contribution in [3.63, 3.8) is 0 Å². The van der Waals surface area contributed by atoms with Crippen molar-refractivity contribution in [1.29, 1.82) is 0 Å². The van der Waals surface area contributed by atoms with Gasteiger partial charge in [-0.05, 0) is 25.3 Å². The molecular weight excluding hydrogens is 180 g/mol. The van der Waals surface area contributed by atoms with E-state index in [4.69, 9.17) is 5.73 Å². The highest BCUT2D eigenvalue weighted by Gasteiger charge is 2.05. The zero-order valence-electron chi connectivity index (χ0n) is 8.14. The first-order valence-electron chi connectivity index (χ1n) is 4.58. The molecule has 0 saturated carbocycles. The maximum atomic E-state index is 10.5. The monoisotopic (exact) mass is 194 g/mol. The number of rotatable bonds is 4. The van der Waals surface area contributed by atoms with Gasteiger partial charge in [-0.2, -0.15) is 0 Å². The topological polar surface area (TPSA) is 69.2 Å². The third-order valence-electron chi connectivity index (χ3n) is 2.01. The standard InChI is InChI=1S/C10H14N2O2/c1-8(11)5-6-9-3-2-4-10(7-9)12(13)14/h2-4,7-8H,5-6,11H2,1H3/t8-/m0/s1. The number of benzene rings is 1. The molecule has 2 N–H and O–H groups in total. The van der Waals surface area contributed by atoms with E-state index >= 15 is 0 Å². The maximum absolute atomic E-state index is 10.5. The lowest BCUT2D eigenvalue weighted by atomic mass is 10.1. The third-order valence-corrected chi connectivity index (χ3v) is 2.01. The van der Waals surface area contributed by atoms with Gasteiger partial charge in [-0.1, -0.05) is 12.1 Å². The Morgan fingerprint density at radius 2 is 2.29 bits per heavy atom. The van der Waals surface area contributed by atoms with Gasteiger partial charge in [0, 0.05) is 18.2 Å². The minimum absolute atomic E-state index is 0.134. The van der Waals surface area contributed by atoms with Crippen molar-refractivity contribution in [2.45, 2.75) is 25.8 Å². The molecule has 0 amide bonds. The Kier molecular flexibility index (Phi) is 3.59. The average molecular weight is 194 g/mol. The van der Waals surface area contributed by atoms with Crippen LogP contribution in [0.5, 0.6) is 0 Å². The summed E-state index contributed by atoms with van der Waals surface area (Å²) in [5.74, 6) is 0. The number of aryl methyl sites for hydroxylation is 1. The van der Waals surface area contributed by atoms with Crippen LogP contribution in [-0.4, -0.2) is 11.0 Å². The molecule has 1 aromatic carbocycles. The van der Waals surface area contributed by atoms with Crippen LogP contribution in [-0.2, 0) is 6.42 Å². The van der Waals surface area contributed by atoms with Crippen LogP contribution in [0.2, 0.25) is 0 Å². The Balaban J connectivity index is 2.69. The molecule has 1 rings (SSSR count). The van der Waals surface area contributed by atoms with Gasteiger partial charge in [-0.25, -0.2) is 0 Å². The number of hydrogen-bond donors (Lipinski definition) is 1. The highest BCUT2D eigenvalue weighted by Crippen LogP contribution is 2.14. The zero-order chi connectivity index (χ0) is 10.6. The molecule has 76 valence electrons. The van der Waals surface area contributed by atoms with Crippen LogP contribution in [0.1, 0.15) is 18.9 Å². The van der Waals surface area contributed by atoms with Crippen LogP contribution in [0.3, 0.4) is 0 Å². The van der Waals surface area contributed by atoms with Crippen LogP contribution in [0.25, 0.3) is 0 Å². The summed E-state index contributed by atoms with van der Waals surface area (Å²) in [4.78, 5) is 10.1. The second kappa shape index (κ2) is 4.72. The lowest BCUT2D eigenvalue weighted by Crippen LogP contribution is -2.15. The molecule has 0 fully saturated rings. The van der Waals surface area contributed by atoms with Crippen molar-refractivity contribution < 1.29 is 4.92 Å². The summed E-state index contributed by atoms with van der Waals surface area (Å²) in [6.45, 7) is 1.93. The summed E-state index contributed by atoms with van der Waals surface area (Å²) in [6.07, 6.45) is 1.64. The molecule has 0 saturated heterocycles. The zero-order valence-corrected chi connectivity index (χ0v) is 8.14. The molecule has 0 aliphatic rings. The number of nitrogens with zero attached hydrogens (tertiary/aromatic N) is 1. The summed E-state index contributed by atoms with van der Waals surface area (Å²) in [5.41, 5.74) is 6.72.